The topological polar surface area (TPSA) is 77.7 Å². The zero-order valence-electron chi connectivity index (χ0n) is 15.7. The van der Waals surface area contributed by atoms with E-state index in [2.05, 4.69) is 4.98 Å². The summed E-state index contributed by atoms with van der Waals surface area (Å²) in [4.78, 5) is 16.3. The molecule has 28 heavy (non-hydrogen) atoms. The summed E-state index contributed by atoms with van der Waals surface area (Å²) >= 11 is 0. The number of nitrogens with zero attached hydrogens (tertiary/aromatic N) is 3. The fourth-order valence-electron chi connectivity index (χ4n) is 2.73. The normalized spacial score (nSPS) is 10.4. The first kappa shape index (κ1) is 19.2. The fourth-order valence-corrected chi connectivity index (χ4v) is 2.73. The largest absolute Gasteiger partial charge is 0.493 e. The monoisotopic (exact) mass is 379 g/mol. The summed E-state index contributed by atoms with van der Waals surface area (Å²) in [5.41, 5.74) is 2.06. The van der Waals surface area contributed by atoms with Gasteiger partial charge in [0.25, 0.3) is 5.69 Å². The molecule has 2 aromatic carbocycles. The van der Waals surface area contributed by atoms with Gasteiger partial charge in [-0.1, -0.05) is 36.4 Å². The van der Waals surface area contributed by atoms with Gasteiger partial charge in [-0.25, -0.2) is 4.98 Å². The summed E-state index contributed by atoms with van der Waals surface area (Å²) in [7, 11) is 3.48. The number of ether oxygens (including phenoxy) is 2. The second kappa shape index (κ2) is 8.85. The first-order valence-corrected chi connectivity index (χ1v) is 8.72. The summed E-state index contributed by atoms with van der Waals surface area (Å²) in [5.74, 6) is 1.97. The molecule has 0 radical (unpaired) electrons. The molecule has 144 valence electrons. The molecule has 0 N–H and O–H groups in total. The Balaban J connectivity index is 1.68. The van der Waals surface area contributed by atoms with Crippen LogP contribution in [0.4, 0.5) is 11.5 Å². The summed E-state index contributed by atoms with van der Waals surface area (Å²) in [5, 5.41) is 10.7. The quantitative estimate of drug-likeness (QED) is 0.431. The van der Waals surface area contributed by atoms with E-state index < -0.39 is 4.92 Å². The Morgan fingerprint density at radius 2 is 1.82 bits per heavy atom. The van der Waals surface area contributed by atoms with Gasteiger partial charge in [0.05, 0.1) is 12.0 Å². The zero-order valence-corrected chi connectivity index (χ0v) is 15.7. The zero-order chi connectivity index (χ0) is 19.9. The SMILES string of the molecule is COc1cc(CN(C)c2ccc([N+](=O)[O-])cn2)ccc1OCc1ccccc1. The molecule has 0 aliphatic heterocycles. The Labute approximate surface area is 163 Å². The molecule has 0 atom stereocenters. The average molecular weight is 379 g/mol. The van der Waals surface area contributed by atoms with Crippen molar-refractivity contribution in [2.75, 3.05) is 19.1 Å². The standard InChI is InChI=1S/C21H21N3O4/c1-23(21-11-9-18(13-22-21)24(25)26)14-17-8-10-19(20(12-17)27-2)28-15-16-6-4-3-5-7-16/h3-13H,14-15H2,1-2H3. The predicted molar refractivity (Wildman–Crippen MR) is 107 cm³/mol. The van der Waals surface area contributed by atoms with E-state index in [-0.39, 0.29) is 5.69 Å². The van der Waals surface area contributed by atoms with E-state index in [1.165, 1.54) is 12.3 Å². The Morgan fingerprint density at radius 3 is 2.46 bits per heavy atom. The van der Waals surface area contributed by atoms with Crippen molar-refractivity contribution in [3.8, 4) is 11.5 Å². The summed E-state index contributed by atoms with van der Waals surface area (Å²) in [6.07, 6.45) is 1.26. The molecule has 1 aromatic heterocycles. The van der Waals surface area contributed by atoms with Crippen LogP contribution in [0.5, 0.6) is 11.5 Å². The summed E-state index contributed by atoms with van der Waals surface area (Å²) in [6, 6.07) is 18.8. The third-order valence-electron chi connectivity index (χ3n) is 4.22. The van der Waals surface area contributed by atoms with Crippen molar-refractivity contribution in [3.05, 3.63) is 88.1 Å². The third kappa shape index (κ3) is 4.76. The molecule has 0 aliphatic rings. The number of nitro groups is 1. The molecule has 3 rings (SSSR count). The lowest BCUT2D eigenvalue weighted by Crippen LogP contribution is -2.17. The van der Waals surface area contributed by atoms with Crippen LogP contribution in [-0.4, -0.2) is 24.1 Å². The Kier molecular flexibility index (Phi) is 6.06. The molecular weight excluding hydrogens is 358 g/mol. The number of benzene rings is 2. The molecule has 0 unspecified atom stereocenters. The number of methoxy groups -OCH3 is 1. The van der Waals surface area contributed by atoms with Crippen LogP contribution in [0, 0.1) is 10.1 Å². The molecule has 0 amide bonds. The highest BCUT2D eigenvalue weighted by molar-refractivity contribution is 5.46. The minimum atomic E-state index is -0.462. The van der Waals surface area contributed by atoms with Gasteiger partial charge in [0, 0.05) is 19.7 Å². The lowest BCUT2D eigenvalue weighted by molar-refractivity contribution is -0.385. The van der Waals surface area contributed by atoms with Crippen LogP contribution in [-0.2, 0) is 13.2 Å². The first-order chi connectivity index (χ1) is 13.6. The van der Waals surface area contributed by atoms with E-state index >= 15 is 0 Å². The van der Waals surface area contributed by atoms with Gasteiger partial charge >= 0.3 is 0 Å². The van der Waals surface area contributed by atoms with Gasteiger partial charge in [0.15, 0.2) is 11.5 Å². The smallest absolute Gasteiger partial charge is 0.287 e. The number of pyridine rings is 1. The lowest BCUT2D eigenvalue weighted by atomic mass is 10.2. The molecule has 0 spiro atoms. The summed E-state index contributed by atoms with van der Waals surface area (Å²) < 4.78 is 11.3. The van der Waals surface area contributed by atoms with Crippen LogP contribution < -0.4 is 14.4 Å². The average Bonchev–Trinajstić information content (AvgIpc) is 2.73. The highest BCUT2D eigenvalue weighted by Gasteiger charge is 2.11. The van der Waals surface area contributed by atoms with Gasteiger partial charge in [-0.15, -0.1) is 0 Å². The fraction of sp³-hybridized carbons (Fsp3) is 0.190. The van der Waals surface area contributed by atoms with Crippen LogP contribution in [0.2, 0.25) is 0 Å². The maximum Gasteiger partial charge on any atom is 0.287 e. The van der Waals surface area contributed by atoms with E-state index in [1.807, 2.05) is 60.5 Å². The summed E-state index contributed by atoms with van der Waals surface area (Å²) in [6.45, 7) is 1.03. The van der Waals surface area contributed by atoms with E-state index in [1.54, 1.807) is 13.2 Å². The van der Waals surface area contributed by atoms with Crippen molar-refractivity contribution in [2.24, 2.45) is 0 Å². The first-order valence-electron chi connectivity index (χ1n) is 8.72. The van der Waals surface area contributed by atoms with Crippen LogP contribution in [0.3, 0.4) is 0 Å². The van der Waals surface area contributed by atoms with Gasteiger partial charge in [-0.2, -0.15) is 0 Å². The van der Waals surface area contributed by atoms with E-state index in [4.69, 9.17) is 9.47 Å². The Morgan fingerprint density at radius 1 is 1.04 bits per heavy atom. The van der Waals surface area contributed by atoms with Crippen molar-refractivity contribution in [2.45, 2.75) is 13.2 Å². The van der Waals surface area contributed by atoms with Gasteiger partial charge in [0.2, 0.25) is 0 Å². The predicted octanol–water partition coefficient (Wildman–Crippen LogP) is 4.21. The molecule has 0 saturated carbocycles. The van der Waals surface area contributed by atoms with Crippen LogP contribution in [0.15, 0.2) is 66.9 Å². The van der Waals surface area contributed by atoms with E-state index in [0.717, 1.165) is 11.1 Å². The highest BCUT2D eigenvalue weighted by Crippen LogP contribution is 2.29. The van der Waals surface area contributed by atoms with Crippen LogP contribution >= 0.6 is 0 Å². The molecule has 0 bridgehead atoms. The molecule has 7 heteroatoms. The molecular formula is C21H21N3O4. The van der Waals surface area contributed by atoms with Crippen LogP contribution in [0.1, 0.15) is 11.1 Å². The van der Waals surface area contributed by atoms with Gasteiger partial charge < -0.3 is 14.4 Å². The van der Waals surface area contributed by atoms with Gasteiger partial charge in [-0.3, -0.25) is 10.1 Å². The minimum absolute atomic E-state index is 0.0289. The molecule has 1 heterocycles. The lowest BCUT2D eigenvalue weighted by Gasteiger charge is -2.19. The molecule has 3 aromatic rings. The van der Waals surface area contributed by atoms with E-state index in [0.29, 0.717) is 30.5 Å². The second-order valence-electron chi connectivity index (χ2n) is 6.25. The maximum atomic E-state index is 10.7. The minimum Gasteiger partial charge on any atom is -0.493 e. The number of hydrogen-bond acceptors (Lipinski definition) is 6. The molecule has 0 fully saturated rings. The Bertz CT molecular complexity index is 930. The number of anilines is 1. The van der Waals surface area contributed by atoms with Crippen molar-refractivity contribution in [1.29, 1.82) is 0 Å². The van der Waals surface area contributed by atoms with Crippen molar-refractivity contribution >= 4 is 11.5 Å². The van der Waals surface area contributed by atoms with E-state index in [9.17, 15) is 10.1 Å². The van der Waals surface area contributed by atoms with Crippen molar-refractivity contribution in [1.82, 2.24) is 4.98 Å². The number of rotatable bonds is 8. The van der Waals surface area contributed by atoms with Crippen LogP contribution in [0.25, 0.3) is 0 Å². The maximum absolute atomic E-state index is 10.7. The van der Waals surface area contributed by atoms with Crippen molar-refractivity contribution in [3.63, 3.8) is 0 Å². The third-order valence-corrected chi connectivity index (χ3v) is 4.22. The highest BCUT2D eigenvalue weighted by atomic mass is 16.6. The number of aromatic nitrogens is 1. The number of hydrogen-bond donors (Lipinski definition) is 0. The van der Waals surface area contributed by atoms with Crippen molar-refractivity contribution < 1.29 is 14.4 Å². The second-order valence-corrected chi connectivity index (χ2v) is 6.25. The van der Waals surface area contributed by atoms with Gasteiger partial charge in [0.1, 0.15) is 18.6 Å². The molecule has 7 nitrogen and oxygen atoms in total. The molecule has 0 saturated heterocycles. The van der Waals surface area contributed by atoms with Gasteiger partial charge in [-0.05, 0) is 29.3 Å². The Hall–Kier alpha value is -3.61. The molecule has 0 aliphatic carbocycles.